The number of non-ortho nitro benzene ring substituents is 1. The normalized spacial score (nSPS) is 26.6. The molecule has 2 saturated carbocycles. The van der Waals surface area contributed by atoms with E-state index in [4.69, 9.17) is 19.8 Å². The molecule has 9 heteroatoms. The van der Waals surface area contributed by atoms with Gasteiger partial charge in [0.15, 0.2) is 0 Å². The SMILES string of the molecule is O=C(O)C(=O)O.O=[N+]([O-])c1cccc(CN2CCN(C3CC4CCC3C4)CC2)c1. The smallest absolute Gasteiger partial charge is 0.414 e. The fourth-order valence-corrected chi connectivity index (χ4v) is 4.94. The second-order valence-corrected chi connectivity index (χ2v) is 8.09. The molecule has 2 N–H and O–H groups in total. The van der Waals surface area contributed by atoms with E-state index in [0.717, 1.165) is 56.2 Å². The van der Waals surface area contributed by atoms with Gasteiger partial charge in [-0.15, -0.1) is 0 Å². The van der Waals surface area contributed by atoms with Crippen LogP contribution >= 0.6 is 0 Å². The van der Waals surface area contributed by atoms with Crippen molar-refractivity contribution in [2.24, 2.45) is 11.8 Å². The van der Waals surface area contributed by atoms with Gasteiger partial charge in [-0.1, -0.05) is 18.6 Å². The summed E-state index contributed by atoms with van der Waals surface area (Å²) < 4.78 is 0. The molecule has 29 heavy (non-hydrogen) atoms. The van der Waals surface area contributed by atoms with E-state index >= 15 is 0 Å². The summed E-state index contributed by atoms with van der Waals surface area (Å²) in [6, 6.07) is 7.90. The quantitative estimate of drug-likeness (QED) is 0.443. The van der Waals surface area contributed by atoms with E-state index in [-0.39, 0.29) is 10.6 Å². The first-order valence-corrected chi connectivity index (χ1v) is 9.99. The van der Waals surface area contributed by atoms with Crippen LogP contribution in [0.25, 0.3) is 0 Å². The van der Waals surface area contributed by atoms with Gasteiger partial charge in [-0.25, -0.2) is 9.59 Å². The van der Waals surface area contributed by atoms with Crippen LogP contribution in [0.4, 0.5) is 5.69 Å². The number of aliphatic carboxylic acids is 2. The van der Waals surface area contributed by atoms with Crippen LogP contribution in [0.3, 0.4) is 0 Å². The van der Waals surface area contributed by atoms with Gasteiger partial charge in [0.1, 0.15) is 0 Å². The molecule has 0 aromatic heterocycles. The topological polar surface area (TPSA) is 124 Å². The van der Waals surface area contributed by atoms with Crippen molar-refractivity contribution in [3.63, 3.8) is 0 Å². The molecule has 9 nitrogen and oxygen atoms in total. The first-order chi connectivity index (χ1) is 13.8. The van der Waals surface area contributed by atoms with E-state index in [9.17, 15) is 10.1 Å². The van der Waals surface area contributed by atoms with Crippen molar-refractivity contribution in [3.05, 3.63) is 39.9 Å². The first kappa shape index (κ1) is 21.2. The van der Waals surface area contributed by atoms with Crippen LogP contribution < -0.4 is 0 Å². The molecule has 4 rings (SSSR count). The van der Waals surface area contributed by atoms with Gasteiger partial charge < -0.3 is 10.2 Å². The Morgan fingerprint density at radius 2 is 1.76 bits per heavy atom. The minimum atomic E-state index is -1.82. The van der Waals surface area contributed by atoms with Crippen LogP contribution in [0.5, 0.6) is 0 Å². The van der Waals surface area contributed by atoms with Crippen molar-refractivity contribution in [2.45, 2.75) is 38.3 Å². The fraction of sp³-hybridized carbons (Fsp3) is 0.600. The van der Waals surface area contributed by atoms with Gasteiger partial charge in [0.25, 0.3) is 5.69 Å². The van der Waals surface area contributed by atoms with Crippen molar-refractivity contribution in [2.75, 3.05) is 26.2 Å². The third-order valence-electron chi connectivity index (χ3n) is 6.29. The number of carboxylic acid groups (broad SMARTS) is 2. The molecular weight excluding hydrogens is 378 g/mol. The van der Waals surface area contributed by atoms with Crippen LogP contribution in [0, 0.1) is 22.0 Å². The van der Waals surface area contributed by atoms with E-state index < -0.39 is 11.9 Å². The molecule has 0 amide bonds. The molecule has 1 aliphatic heterocycles. The molecule has 1 aromatic carbocycles. The number of carbonyl (C=O) groups is 2. The van der Waals surface area contributed by atoms with E-state index in [1.807, 2.05) is 6.07 Å². The maximum atomic E-state index is 10.9. The van der Waals surface area contributed by atoms with Crippen molar-refractivity contribution in [1.29, 1.82) is 0 Å². The number of hydrogen-bond acceptors (Lipinski definition) is 6. The number of hydrogen-bond donors (Lipinski definition) is 2. The molecule has 3 aliphatic rings. The summed E-state index contributed by atoms with van der Waals surface area (Å²) in [5.41, 5.74) is 1.25. The van der Waals surface area contributed by atoms with Crippen LogP contribution in [0.15, 0.2) is 24.3 Å². The Morgan fingerprint density at radius 3 is 2.28 bits per heavy atom. The van der Waals surface area contributed by atoms with Crippen molar-refractivity contribution in [3.8, 4) is 0 Å². The summed E-state index contributed by atoms with van der Waals surface area (Å²) in [4.78, 5) is 33.9. The largest absolute Gasteiger partial charge is 0.473 e. The highest BCUT2D eigenvalue weighted by Crippen LogP contribution is 2.46. The molecule has 1 heterocycles. The van der Waals surface area contributed by atoms with Gasteiger partial charge >= 0.3 is 11.9 Å². The fourth-order valence-electron chi connectivity index (χ4n) is 4.94. The lowest BCUT2D eigenvalue weighted by atomic mass is 9.93. The third-order valence-corrected chi connectivity index (χ3v) is 6.29. The van der Waals surface area contributed by atoms with Gasteiger partial charge in [0.2, 0.25) is 0 Å². The summed E-state index contributed by atoms with van der Waals surface area (Å²) >= 11 is 0. The number of nitrogens with zero attached hydrogens (tertiary/aromatic N) is 3. The Hall–Kier alpha value is -2.52. The maximum absolute atomic E-state index is 10.9. The van der Waals surface area contributed by atoms with Gasteiger partial charge in [0, 0.05) is 50.9 Å². The highest BCUT2D eigenvalue weighted by atomic mass is 16.6. The van der Waals surface area contributed by atoms with E-state index in [1.165, 1.54) is 25.7 Å². The summed E-state index contributed by atoms with van der Waals surface area (Å²) in [5, 5.41) is 25.7. The van der Waals surface area contributed by atoms with E-state index in [2.05, 4.69) is 9.80 Å². The Balaban J connectivity index is 0.000000353. The molecule has 3 fully saturated rings. The van der Waals surface area contributed by atoms with Gasteiger partial charge in [-0.2, -0.15) is 0 Å². The lowest BCUT2D eigenvalue weighted by Gasteiger charge is -2.41. The number of benzene rings is 1. The standard InChI is InChI=1S/C18H25N3O2.C2H2O4/c22-21(23)17-3-1-2-15(11-17)13-19-6-8-20(9-7-19)18-12-14-4-5-16(18)10-14;3-1(4)2(5)6/h1-3,11,14,16,18H,4-10,12-13H2;(H,3,4)(H,5,6). The molecule has 0 radical (unpaired) electrons. The molecule has 3 unspecified atom stereocenters. The van der Waals surface area contributed by atoms with E-state index in [0.29, 0.717) is 0 Å². The number of carboxylic acids is 2. The molecule has 1 saturated heterocycles. The molecule has 2 aliphatic carbocycles. The predicted molar refractivity (Wildman–Crippen MR) is 104 cm³/mol. The average Bonchev–Trinajstić information content (AvgIpc) is 3.33. The zero-order valence-corrected chi connectivity index (χ0v) is 16.3. The Morgan fingerprint density at radius 1 is 1.07 bits per heavy atom. The van der Waals surface area contributed by atoms with Gasteiger partial charge in [-0.3, -0.25) is 19.9 Å². The summed E-state index contributed by atoms with van der Waals surface area (Å²) in [5.74, 6) is -1.68. The number of piperazine rings is 1. The van der Waals surface area contributed by atoms with E-state index in [1.54, 1.807) is 18.2 Å². The third kappa shape index (κ3) is 5.51. The van der Waals surface area contributed by atoms with Gasteiger partial charge in [-0.05, 0) is 36.7 Å². The summed E-state index contributed by atoms with van der Waals surface area (Å²) in [6.07, 6.45) is 5.81. The highest BCUT2D eigenvalue weighted by molar-refractivity contribution is 6.27. The molecule has 0 spiro atoms. The average molecular weight is 405 g/mol. The van der Waals surface area contributed by atoms with Crippen LogP contribution in [-0.4, -0.2) is 69.1 Å². The molecule has 158 valence electrons. The zero-order valence-electron chi connectivity index (χ0n) is 16.3. The maximum Gasteiger partial charge on any atom is 0.414 e. The second kappa shape index (κ2) is 9.32. The predicted octanol–water partition coefficient (Wildman–Crippen LogP) is 2.06. The van der Waals surface area contributed by atoms with Crippen molar-refractivity contribution < 1.29 is 24.7 Å². The Bertz CT molecular complexity index is 750. The van der Waals surface area contributed by atoms with Crippen LogP contribution in [-0.2, 0) is 16.1 Å². The van der Waals surface area contributed by atoms with Gasteiger partial charge in [0.05, 0.1) is 4.92 Å². The monoisotopic (exact) mass is 405 g/mol. The zero-order chi connectivity index (χ0) is 21.0. The minimum Gasteiger partial charge on any atom is -0.473 e. The van der Waals surface area contributed by atoms with Crippen molar-refractivity contribution >= 4 is 17.6 Å². The molecular formula is C20H27N3O6. The Labute approximate surface area is 169 Å². The first-order valence-electron chi connectivity index (χ1n) is 9.99. The van der Waals surface area contributed by atoms with Crippen molar-refractivity contribution in [1.82, 2.24) is 9.80 Å². The summed E-state index contributed by atoms with van der Waals surface area (Å²) in [7, 11) is 0. The van der Waals surface area contributed by atoms with Crippen LogP contribution in [0.2, 0.25) is 0 Å². The molecule has 2 bridgehead atoms. The lowest BCUT2D eigenvalue weighted by Crippen LogP contribution is -2.51. The number of fused-ring (bicyclic) bond motifs is 2. The molecule has 1 aromatic rings. The highest BCUT2D eigenvalue weighted by Gasteiger charge is 2.42. The second-order valence-electron chi connectivity index (χ2n) is 8.09. The number of nitro benzene ring substituents is 1. The molecule has 3 atom stereocenters. The summed E-state index contributed by atoms with van der Waals surface area (Å²) in [6.45, 7) is 5.30. The Kier molecular flexibility index (Phi) is 6.81. The lowest BCUT2D eigenvalue weighted by molar-refractivity contribution is -0.384. The number of rotatable bonds is 4. The minimum absolute atomic E-state index is 0.197. The van der Waals surface area contributed by atoms with Crippen LogP contribution in [0.1, 0.15) is 31.2 Å². The number of nitro groups is 1.